The van der Waals surface area contributed by atoms with E-state index >= 15 is 0 Å². The van der Waals surface area contributed by atoms with E-state index in [1.807, 2.05) is 6.92 Å². The van der Waals surface area contributed by atoms with Crippen molar-refractivity contribution in [3.05, 3.63) is 27.4 Å². The van der Waals surface area contributed by atoms with Crippen molar-refractivity contribution in [2.24, 2.45) is 7.05 Å². The Balaban J connectivity index is 1.62. The average Bonchev–Trinajstić information content (AvgIpc) is 2.96. The van der Waals surface area contributed by atoms with Crippen LogP contribution in [-0.4, -0.2) is 44.9 Å². The smallest absolute Gasteiger partial charge is 0.258 e. The number of hydrogen-bond acceptors (Lipinski definition) is 4. The molecule has 0 bridgehead atoms. The highest BCUT2D eigenvalue weighted by molar-refractivity contribution is 5.76. The minimum atomic E-state index is -0.0187. The van der Waals surface area contributed by atoms with Crippen molar-refractivity contribution < 1.29 is 4.79 Å². The van der Waals surface area contributed by atoms with E-state index in [0.717, 1.165) is 18.7 Å². The number of hydrogen-bond donors (Lipinski definition) is 0. The fourth-order valence-corrected chi connectivity index (χ4v) is 3.66. The Kier molecular flexibility index (Phi) is 4.53. The quantitative estimate of drug-likeness (QED) is 0.840. The van der Waals surface area contributed by atoms with Gasteiger partial charge in [0.15, 0.2) is 0 Å². The normalized spacial score (nSPS) is 21.5. The number of rotatable bonds is 3. The molecule has 6 heteroatoms. The molecule has 6 nitrogen and oxygen atoms in total. The average molecular weight is 318 g/mol. The second-order valence-electron chi connectivity index (χ2n) is 6.87. The fraction of sp³-hybridized carbons (Fsp3) is 0.706. The van der Waals surface area contributed by atoms with Crippen LogP contribution in [0.4, 0.5) is 0 Å². The molecule has 0 aromatic carbocycles. The standard InChI is InChI=1S/C17H26N4O2/c1-12-18-15-11-21(10-14(15)17(23)20(12)3)16(22)8-7-13-6-4-5-9-19(13)2/h13H,4-11H2,1-3H3/t13-/m1/s1. The van der Waals surface area contributed by atoms with E-state index in [0.29, 0.717) is 36.9 Å². The van der Waals surface area contributed by atoms with Crippen molar-refractivity contribution in [2.75, 3.05) is 13.6 Å². The van der Waals surface area contributed by atoms with Crippen LogP contribution in [0.2, 0.25) is 0 Å². The van der Waals surface area contributed by atoms with Gasteiger partial charge in [-0.3, -0.25) is 14.2 Å². The zero-order valence-corrected chi connectivity index (χ0v) is 14.3. The number of amides is 1. The number of likely N-dealkylation sites (tertiary alicyclic amines) is 1. The Bertz CT molecular complexity index is 667. The molecule has 1 aromatic heterocycles. The van der Waals surface area contributed by atoms with E-state index in [4.69, 9.17) is 0 Å². The number of fused-ring (bicyclic) bond motifs is 1. The van der Waals surface area contributed by atoms with Crippen LogP contribution >= 0.6 is 0 Å². The Morgan fingerprint density at radius 3 is 2.78 bits per heavy atom. The molecule has 0 spiro atoms. The molecule has 0 radical (unpaired) electrons. The maximum absolute atomic E-state index is 12.5. The molecule has 0 aliphatic carbocycles. The number of carbonyl (C=O) groups is 1. The van der Waals surface area contributed by atoms with Crippen molar-refractivity contribution in [3.8, 4) is 0 Å². The number of aromatic nitrogens is 2. The predicted molar refractivity (Wildman–Crippen MR) is 88.0 cm³/mol. The molecular weight excluding hydrogens is 292 g/mol. The molecule has 1 atom stereocenters. The first-order valence-corrected chi connectivity index (χ1v) is 8.50. The third-order valence-corrected chi connectivity index (χ3v) is 5.35. The van der Waals surface area contributed by atoms with Gasteiger partial charge in [-0.1, -0.05) is 6.42 Å². The third-order valence-electron chi connectivity index (χ3n) is 5.35. The molecule has 0 N–H and O–H groups in total. The lowest BCUT2D eigenvalue weighted by molar-refractivity contribution is -0.132. The van der Waals surface area contributed by atoms with E-state index in [1.54, 1.807) is 16.5 Å². The van der Waals surface area contributed by atoms with Crippen LogP contribution in [-0.2, 0) is 24.9 Å². The van der Waals surface area contributed by atoms with Gasteiger partial charge in [0, 0.05) is 19.5 Å². The van der Waals surface area contributed by atoms with Gasteiger partial charge in [0.2, 0.25) is 5.91 Å². The number of aryl methyl sites for hydroxylation is 1. The first kappa shape index (κ1) is 16.2. The molecule has 126 valence electrons. The summed E-state index contributed by atoms with van der Waals surface area (Å²) in [5.74, 6) is 0.841. The van der Waals surface area contributed by atoms with Gasteiger partial charge >= 0.3 is 0 Å². The van der Waals surface area contributed by atoms with Gasteiger partial charge in [-0.25, -0.2) is 4.98 Å². The molecule has 0 unspecified atom stereocenters. The summed E-state index contributed by atoms with van der Waals surface area (Å²) in [6.45, 7) is 3.85. The lowest BCUT2D eigenvalue weighted by Crippen LogP contribution is -2.37. The Labute approximate surface area is 137 Å². The summed E-state index contributed by atoms with van der Waals surface area (Å²) in [7, 11) is 3.88. The van der Waals surface area contributed by atoms with Crippen LogP contribution in [0.3, 0.4) is 0 Å². The molecule has 3 heterocycles. The van der Waals surface area contributed by atoms with E-state index in [-0.39, 0.29) is 11.5 Å². The first-order chi connectivity index (χ1) is 11.0. The van der Waals surface area contributed by atoms with Crippen molar-refractivity contribution in [1.29, 1.82) is 0 Å². The molecular formula is C17H26N4O2. The summed E-state index contributed by atoms with van der Waals surface area (Å²) in [5, 5.41) is 0. The van der Waals surface area contributed by atoms with Crippen LogP contribution < -0.4 is 5.56 Å². The first-order valence-electron chi connectivity index (χ1n) is 8.50. The summed E-state index contributed by atoms with van der Waals surface area (Å²) >= 11 is 0. The van der Waals surface area contributed by atoms with Gasteiger partial charge in [0.25, 0.3) is 5.56 Å². The molecule has 23 heavy (non-hydrogen) atoms. The fourth-order valence-electron chi connectivity index (χ4n) is 3.66. The van der Waals surface area contributed by atoms with Gasteiger partial charge in [-0.2, -0.15) is 0 Å². The Morgan fingerprint density at radius 1 is 1.26 bits per heavy atom. The molecule has 1 saturated heterocycles. The van der Waals surface area contributed by atoms with Crippen molar-refractivity contribution in [1.82, 2.24) is 19.4 Å². The Hall–Kier alpha value is -1.69. The number of piperidine rings is 1. The lowest BCUT2D eigenvalue weighted by Gasteiger charge is -2.32. The summed E-state index contributed by atoms with van der Waals surface area (Å²) in [6, 6.07) is 0.519. The summed E-state index contributed by atoms with van der Waals surface area (Å²) in [6.07, 6.45) is 5.18. The SMILES string of the molecule is Cc1nc2c(c(=O)n1C)CN(C(=O)CC[C@H]1CCCCN1C)C2. The van der Waals surface area contributed by atoms with Gasteiger partial charge in [-0.15, -0.1) is 0 Å². The minimum Gasteiger partial charge on any atom is -0.332 e. The molecule has 1 amide bonds. The van der Waals surface area contributed by atoms with E-state index in [9.17, 15) is 9.59 Å². The van der Waals surface area contributed by atoms with Crippen molar-refractivity contribution >= 4 is 5.91 Å². The highest BCUT2D eigenvalue weighted by Gasteiger charge is 2.28. The zero-order chi connectivity index (χ0) is 16.6. The summed E-state index contributed by atoms with van der Waals surface area (Å²) in [4.78, 5) is 33.4. The lowest BCUT2D eigenvalue weighted by atomic mass is 9.98. The van der Waals surface area contributed by atoms with Gasteiger partial charge in [0.1, 0.15) is 5.82 Å². The van der Waals surface area contributed by atoms with Gasteiger partial charge in [0.05, 0.1) is 24.3 Å². The molecule has 2 aliphatic rings. The largest absolute Gasteiger partial charge is 0.332 e. The van der Waals surface area contributed by atoms with Crippen LogP contribution in [0.15, 0.2) is 4.79 Å². The van der Waals surface area contributed by atoms with Crippen molar-refractivity contribution in [3.63, 3.8) is 0 Å². The monoisotopic (exact) mass is 318 g/mol. The highest BCUT2D eigenvalue weighted by Crippen LogP contribution is 2.22. The van der Waals surface area contributed by atoms with Gasteiger partial charge in [-0.05, 0) is 39.8 Å². The molecule has 1 aromatic rings. The summed E-state index contributed by atoms with van der Waals surface area (Å²) in [5.41, 5.74) is 1.43. The second-order valence-corrected chi connectivity index (χ2v) is 6.87. The summed E-state index contributed by atoms with van der Waals surface area (Å²) < 4.78 is 1.56. The topological polar surface area (TPSA) is 58.4 Å². The molecule has 3 rings (SSSR count). The van der Waals surface area contributed by atoms with E-state index in [1.165, 1.54) is 19.3 Å². The van der Waals surface area contributed by atoms with Crippen LogP contribution in [0, 0.1) is 6.92 Å². The van der Waals surface area contributed by atoms with E-state index < -0.39 is 0 Å². The maximum Gasteiger partial charge on any atom is 0.258 e. The van der Waals surface area contributed by atoms with Gasteiger partial charge < -0.3 is 9.80 Å². The minimum absolute atomic E-state index is 0.0187. The van der Waals surface area contributed by atoms with Crippen molar-refractivity contribution in [2.45, 2.75) is 58.2 Å². The third kappa shape index (κ3) is 3.17. The Morgan fingerprint density at radius 2 is 2.04 bits per heavy atom. The number of carbonyl (C=O) groups excluding carboxylic acids is 1. The molecule has 0 saturated carbocycles. The second kappa shape index (κ2) is 6.43. The predicted octanol–water partition coefficient (Wildman–Crippen LogP) is 1.20. The van der Waals surface area contributed by atoms with Crippen LogP contribution in [0.1, 0.15) is 49.2 Å². The van der Waals surface area contributed by atoms with Crippen LogP contribution in [0.25, 0.3) is 0 Å². The van der Waals surface area contributed by atoms with Crippen LogP contribution in [0.5, 0.6) is 0 Å². The van der Waals surface area contributed by atoms with E-state index in [2.05, 4.69) is 16.9 Å². The highest BCUT2D eigenvalue weighted by atomic mass is 16.2. The molecule has 2 aliphatic heterocycles. The number of nitrogens with zero attached hydrogens (tertiary/aromatic N) is 4. The maximum atomic E-state index is 12.5. The molecule has 1 fully saturated rings. The zero-order valence-electron chi connectivity index (χ0n) is 14.3.